The van der Waals surface area contributed by atoms with E-state index in [1.807, 2.05) is 6.07 Å². The van der Waals surface area contributed by atoms with Crippen molar-refractivity contribution in [1.29, 1.82) is 0 Å². The van der Waals surface area contributed by atoms with Crippen molar-refractivity contribution in [2.45, 2.75) is 0 Å². The highest BCUT2D eigenvalue weighted by atomic mass is 35.5. The maximum absolute atomic E-state index is 11.8. The van der Waals surface area contributed by atoms with Gasteiger partial charge in [0.1, 0.15) is 17.2 Å². The fourth-order valence-corrected chi connectivity index (χ4v) is 2.66. The molecule has 2 aromatic heterocycles. The molecule has 3 heterocycles. The zero-order valence-electron chi connectivity index (χ0n) is 11.6. The van der Waals surface area contributed by atoms with Gasteiger partial charge in [-0.05, 0) is 6.07 Å². The Balaban J connectivity index is 1.75. The molecule has 0 saturated carbocycles. The average Bonchev–Trinajstić information content (AvgIpc) is 2.54. The van der Waals surface area contributed by atoms with Crippen molar-refractivity contribution >= 4 is 23.1 Å². The molecule has 0 radical (unpaired) electrons. The summed E-state index contributed by atoms with van der Waals surface area (Å²) in [5.41, 5.74) is 0.425. The van der Waals surface area contributed by atoms with E-state index < -0.39 is 0 Å². The van der Waals surface area contributed by atoms with E-state index in [0.29, 0.717) is 5.69 Å². The van der Waals surface area contributed by atoms with Crippen LogP contribution in [0.5, 0.6) is 0 Å². The molecule has 0 amide bonds. The quantitative estimate of drug-likeness (QED) is 0.807. The second-order valence-electron chi connectivity index (χ2n) is 4.81. The van der Waals surface area contributed by atoms with Gasteiger partial charge in [0.25, 0.3) is 5.56 Å². The van der Waals surface area contributed by atoms with E-state index >= 15 is 0 Å². The van der Waals surface area contributed by atoms with E-state index in [1.54, 1.807) is 25.8 Å². The maximum Gasteiger partial charge on any atom is 0.287 e. The van der Waals surface area contributed by atoms with Crippen LogP contribution in [0.25, 0.3) is 0 Å². The minimum absolute atomic E-state index is 0.225. The van der Waals surface area contributed by atoms with Gasteiger partial charge in [0, 0.05) is 39.4 Å². The number of hydrogen-bond donors (Lipinski definition) is 0. The molecule has 1 fully saturated rings. The average molecular weight is 307 g/mol. The van der Waals surface area contributed by atoms with Crippen LogP contribution < -0.4 is 15.4 Å². The SMILES string of the molecule is Cn1ncc(N2CCN(c3ccncn3)CC2)c(Cl)c1=O. The van der Waals surface area contributed by atoms with E-state index in [0.717, 1.165) is 32.0 Å². The molecule has 0 atom stereocenters. The van der Waals surface area contributed by atoms with Crippen LogP contribution in [0.4, 0.5) is 11.5 Å². The van der Waals surface area contributed by atoms with Crippen LogP contribution >= 0.6 is 11.6 Å². The first-order valence-electron chi connectivity index (χ1n) is 6.64. The second kappa shape index (κ2) is 5.69. The predicted octanol–water partition coefficient (Wildman–Crippen LogP) is 0.550. The molecule has 1 saturated heterocycles. The van der Waals surface area contributed by atoms with Crippen molar-refractivity contribution in [3.63, 3.8) is 0 Å². The number of nitrogens with zero attached hydrogens (tertiary/aromatic N) is 6. The number of rotatable bonds is 2. The van der Waals surface area contributed by atoms with Crippen LogP contribution in [0.15, 0.2) is 29.6 Å². The zero-order valence-corrected chi connectivity index (χ0v) is 12.4. The molecular formula is C13H15ClN6O. The van der Waals surface area contributed by atoms with E-state index in [1.165, 1.54) is 4.68 Å². The number of piperazine rings is 1. The second-order valence-corrected chi connectivity index (χ2v) is 5.19. The number of halogens is 1. The van der Waals surface area contributed by atoms with Crippen molar-refractivity contribution in [3.8, 4) is 0 Å². The van der Waals surface area contributed by atoms with E-state index in [2.05, 4.69) is 24.9 Å². The fourth-order valence-electron chi connectivity index (χ4n) is 2.37. The third-order valence-electron chi connectivity index (χ3n) is 3.57. The van der Waals surface area contributed by atoms with Crippen molar-refractivity contribution < 1.29 is 0 Å². The first kappa shape index (κ1) is 13.8. The molecule has 110 valence electrons. The molecule has 1 aliphatic rings. The number of anilines is 2. The molecule has 1 aliphatic heterocycles. The molecular weight excluding hydrogens is 292 g/mol. The van der Waals surface area contributed by atoms with Crippen molar-refractivity contribution in [3.05, 3.63) is 40.2 Å². The summed E-state index contributed by atoms with van der Waals surface area (Å²) in [5, 5.41) is 4.26. The highest BCUT2D eigenvalue weighted by molar-refractivity contribution is 6.33. The van der Waals surface area contributed by atoms with Gasteiger partial charge in [-0.1, -0.05) is 11.6 Å². The minimum Gasteiger partial charge on any atom is -0.365 e. The summed E-state index contributed by atoms with van der Waals surface area (Å²) in [4.78, 5) is 24.3. The van der Waals surface area contributed by atoms with Crippen molar-refractivity contribution in [2.24, 2.45) is 7.05 Å². The van der Waals surface area contributed by atoms with Gasteiger partial charge in [-0.3, -0.25) is 4.79 Å². The lowest BCUT2D eigenvalue weighted by molar-refractivity contribution is 0.638. The van der Waals surface area contributed by atoms with Gasteiger partial charge in [0.15, 0.2) is 0 Å². The molecule has 0 spiro atoms. The summed E-state index contributed by atoms with van der Waals surface area (Å²) >= 11 is 6.14. The Bertz CT molecular complexity index is 681. The lowest BCUT2D eigenvalue weighted by Crippen LogP contribution is -2.47. The summed E-state index contributed by atoms with van der Waals surface area (Å²) in [7, 11) is 1.59. The van der Waals surface area contributed by atoms with Gasteiger partial charge in [-0.2, -0.15) is 5.10 Å². The maximum atomic E-state index is 11.8. The number of aryl methyl sites for hydroxylation is 1. The molecule has 0 aromatic carbocycles. The van der Waals surface area contributed by atoms with Gasteiger partial charge in [-0.25, -0.2) is 14.6 Å². The van der Waals surface area contributed by atoms with Gasteiger partial charge in [0.2, 0.25) is 0 Å². The Labute approximate surface area is 126 Å². The summed E-state index contributed by atoms with van der Waals surface area (Å²) in [6.07, 6.45) is 4.92. The zero-order chi connectivity index (χ0) is 14.8. The van der Waals surface area contributed by atoms with E-state index in [4.69, 9.17) is 11.6 Å². The predicted molar refractivity (Wildman–Crippen MR) is 80.9 cm³/mol. The molecule has 0 unspecified atom stereocenters. The normalized spacial score (nSPS) is 15.3. The lowest BCUT2D eigenvalue weighted by atomic mass is 10.3. The number of aromatic nitrogens is 4. The van der Waals surface area contributed by atoms with Crippen LogP contribution in [-0.2, 0) is 7.05 Å². The number of hydrogen-bond acceptors (Lipinski definition) is 6. The van der Waals surface area contributed by atoms with Crippen LogP contribution in [0.3, 0.4) is 0 Å². The van der Waals surface area contributed by atoms with Gasteiger partial charge in [0.05, 0.1) is 11.9 Å². The highest BCUT2D eigenvalue weighted by Crippen LogP contribution is 2.23. The third kappa shape index (κ3) is 2.69. The molecule has 2 aromatic rings. The van der Waals surface area contributed by atoms with Gasteiger partial charge >= 0.3 is 0 Å². The third-order valence-corrected chi connectivity index (χ3v) is 3.93. The Kier molecular flexibility index (Phi) is 3.74. The highest BCUT2D eigenvalue weighted by Gasteiger charge is 2.21. The molecule has 3 rings (SSSR count). The molecule has 8 heteroatoms. The van der Waals surface area contributed by atoms with Crippen LogP contribution in [-0.4, -0.2) is 45.9 Å². The lowest BCUT2D eigenvalue weighted by Gasteiger charge is -2.36. The summed E-state index contributed by atoms with van der Waals surface area (Å²) in [6, 6.07) is 1.89. The Hall–Kier alpha value is -2.15. The fraction of sp³-hybridized carbons (Fsp3) is 0.385. The topological polar surface area (TPSA) is 67.2 Å². The summed E-state index contributed by atoms with van der Waals surface area (Å²) < 4.78 is 1.24. The minimum atomic E-state index is -0.271. The molecule has 0 N–H and O–H groups in total. The van der Waals surface area contributed by atoms with Crippen molar-refractivity contribution in [1.82, 2.24) is 19.7 Å². The van der Waals surface area contributed by atoms with Gasteiger partial charge in [-0.15, -0.1) is 0 Å². The molecule has 0 aliphatic carbocycles. The standard InChI is InChI=1S/C13H15ClN6O/c1-18-13(21)12(14)10(8-17-18)19-4-6-20(7-5-19)11-2-3-15-9-16-11/h2-3,8-9H,4-7H2,1H3. The first-order chi connectivity index (χ1) is 10.2. The van der Waals surface area contributed by atoms with Gasteiger partial charge < -0.3 is 9.80 Å². The van der Waals surface area contributed by atoms with Crippen LogP contribution in [0, 0.1) is 0 Å². The van der Waals surface area contributed by atoms with Crippen LogP contribution in [0.1, 0.15) is 0 Å². The Morgan fingerprint density at radius 1 is 1.19 bits per heavy atom. The van der Waals surface area contributed by atoms with Crippen LogP contribution in [0.2, 0.25) is 5.02 Å². The van der Waals surface area contributed by atoms with E-state index in [-0.39, 0.29) is 10.6 Å². The Morgan fingerprint density at radius 3 is 2.57 bits per heavy atom. The van der Waals surface area contributed by atoms with E-state index in [9.17, 15) is 4.79 Å². The smallest absolute Gasteiger partial charge is 0.287 e. The molecule has 7 nitrogen and oxygen atoms in total. The first-order valence-corrected chi connectivity index (χ1v) is 7.02. The molecule has 0 bridgehead atoms. The van der Waals surface area contributed by atoms with Crippen molar-refractivity contribution in [2.75, 3.05) is 36.0 Å². The monoisotopic (exact) mass is 306 g/mol. The Morgan fingerprint density at radius 2 is 1.90 bits per heavy atom. The summed E-state index contributed by atoms with van der Waals surface area (Å²) in [6.45, 7) is 3.14. The molecule has 21 heavy (non-hydrogen) atoms. The largest absolute Gasteiger partial charge is 0.365 e. The summed E-state index contributed by atoms with van der Waals surface area (Å²) in [5.74, 6) is 0.915.